The highest BCUT2D eigenvalue weighted by atomic mass is 32.2. The minimum atomic E-state index is -0.262. The summed E-state index contributed by atoms with van der Waals surface area (Å²) in [6.45, 7) is 0. The zero-order chi connectivity index (χ0) is 10.7. The summed E-state index contributed by atoms with van der Waals surface area (Å²) in [6, 6.07) is 8.04. The van der Waals surface area contributed by atoms with Crippen molar-refractivity contribution in [1.29, 1.82) is 0 Å². The lowest BCUT2D eigenvalue weighted by atomic mass is 10.4. The van der Waals surface area contributed by atoms with Crippen LogP contribution in [0.5, 0.6) is 0 Å². The molecule has 0 saturated heterocycles. The Morgan fingerprint density at radius 2 is 2.13 bits per heavy atom. The Morgan fingerprint density at radius 3 is 2.87 bits per heavy atom. The molecule has 0 fully saturated rings. The number of nitrogen functional groups attached to an aromatic ring is 1. The molecule has 0 saturated carbocycles. The number of nitrogens with two attached hydrogens (primary N) is 1. The van der Waals surface area contributed by atoms with Crippen molar-refractivity contribution in [2.24, 2.45) is 0 Å². The Bertz CT molecular complexity index is 432. The molecule has 76 valence electrons. The van der Waals surface area contributed by atoms with Gasteiger partial charge < -0.3 is 5.73 Å². The molecule has 0 bridgehead atoms. The van der Waals surface area contributed by atoms with Gasteiger partial charge in [-0.05, 0) is 24.3 Å². The second-order valence-electron chi connectivity index (χ2n) is 2.81. The highest BCUT2D eigenvalue weighted by molar-refractivity contribution is 7.99. The molecule has 1 aromatic carbocycles. The lowest BCUT2D eigenvalue weighted by Crippen LogP contribution is -1.93. The van der Waals surface area contributed by atoms with Crippen molar-refractivity contribution in [3.63, 3.8) is 0 Å². The van der Waals surface area contributed by atoms with E-state index in [2.05, 4.69) is 9.97 Å². The Hall–Kier alpha value is -1.62. The molecule has 2 aromatic rings. The van der Waals surface area contributed by atoms with Crippen molar-refractivity contribution >= 4 is 17.7 Å². The van der Waals surface area contributed by atoms with Gasteiger partial charge in [-0.25, -0.2) is 14.4 Å². The average Bonchev–Trinajstić information content (AvgIpc) is 2.17. The van der Waals surface area contributed by atoms with E-state index >= 15 is 0 Å². The molecule has 0 aliphatic rings. The van der Waals surface area contributed by atoms with Crippen LogP contribution < -0.4 is 5.73 Å². The quantitative estimate of drug-likeness (QED) is 0.791. The van der Waals surface area contributed by atoms with Gasteiger partial charge in [0.1, 0.15) is 10.8 Å². The second kappa shape index (κ2) is 4.27. The van der Waals surface area contributed by atoms with Gasteiger partial charge in [0, 0.05) is 11.1 Å². The fourth-order valence-electron chi connectivity index (χ4n) is 1.06. The van der Waals surface area contributed by atoms with Crippen molar-refractivity contribution < 1.29 is 4.39 Å². The van der Waals surface area contributed by atoms with E-state index in [0.717, 1.165) is 4.90 Å². The topological polar surface area (TPSA) is 51.8 Å². The summed E-state index contributed by atoms with van der Waals surface area (Å²) < 4.78 is 12.9. The van der Waals surface area contributed by atoms with Crippen LogP contribution in [0.4, 0.5) is 10.3 Å². The smallest absolute Gasteiger partial charge is 0.221 e. The number of hydrogen-bond acceptors (Lipinski definition) is 4. The molecule has 0 unspecified atom stereocenters. The van der Waals surface area contributed by atoms with Gasteiger partial charge in [-0.3, -0.25) is 0 Å². The Labute approximate surface area is 90.6 Å². The third-order valence-electron chi connectivity index (χ3n) is 1.67. The van der Waals surface area contributed by atoms with Crippen molar-refractivity contribution in [1.82, 2.24) is 9.97 Å². The van der Waals surface area contributed by atoms with Gasteiger partial charge in [-0.2, -0.15) is 0 Å². The number of hydrogen-bond donors (Lipinski definition) is 1. The van der Waals surface area contributed by atoms with E-state index < -0.39 is 0 Å². The molecule has 0 spiro atoms. The molecule has 2 rings (SSSR count). The summed E-state index contributed by atoms with van der Waals surface area (Å²) in [5, 5.41) is 0.702. The summed E-state index contributed by atoms with van der Waals surface area (Å²) in [6.07, 6.45) is 1.57. The molecule has 1 heterocycles. The predicted molar refractivity (Wildman–Crippen MR) is 57.0 cm³/mol. The van der Waals surface area contributed by atoms with Gasteiger partial charge in [0.05, 0.1) is 0 Å². The number of nitrogens with zero attached hydrogens (tertiary/aromatic N) is 2. The SMILES string of the molecule is Nc1nccc(Sc2cccc(F)c2)n1. The normalized spacial score (nSPS) is 10.2. The van der Waals surface area contributed by atoms with E-state index in [9.17, 15) is 4.39 Å². The van der Waals surface area contributed by atoms with Crippen molar-refractivity contribution in [3.05, 3.63) is 42.3 Å². The maximum atomic E-state index is 12.9. The van der Waals surface area contributed by atoms with Crippen LogP contribution in [0.1, 0.15) is 0 Å². The lowest BCUT2D eigenvalue weighted by molar-refractivity contribution is 0.624. The van der Waals surface area contributed by atoms with Gasteiger partial charge in [0.25, 0.3) is 0 Å². The van der Waals surface area contributed by atoms with Gasteiger partial charge in [-0.15, -0.1) is 0 Å². The van der Waals surface area contributed by atoms with E-state index in [4.69, 9.17) is 5.73 Å². The minimum absolute atomic E-state index is 0.219. The van der Waals surface area contributed by atoms with E-state index in [-0.39, 0.29) is 11.8 Å². The van der Waals surface area contributed by atoms with Crippen LogP contribution in [0.2, 0.25) is 0 Å². The Balaban J connectivity index is 2.22. The number of rotatable bonds is 2. The third kappa shape index (κ3) is 2.66. The standard InChI is InChI=1S/C10H8FN3S/c11-7-2-1-3-8(6-7)15-9-4-5-13-10(12)14-9/h1-6H,(H2,12,13,14). The number of halogens is 1. The Kier molecular flexibility index (Phi) is 2.82. The fourth-order valence-corrected chi connectivity index (χ4v) is 1.89. The molecule has 0 aliphatic heterocycles. The maximum absolute atomic E-state index is 12.9. The van der Waals surface area contributed by atoms with Crippen LogP contribution in [0, 0.1) is 5.82 Å². The first kappa shape index (κ1) is 9.92. The summed E-state index contributed by atoms with van der Waals surface area (Å²) in [5.41, 5.74) is 5.43. The molecular weight excluding hydrogens is 213 g/mol. The van der Waals surface area contributed by atoms with Gasteiger partial charge in [-0.1, -0.05) is 17.8 Å². The first-order valence-electron chi connectivity index (χ1n) is 4.26. The molecule has 2 N–H and O–H groups in total. The number of aromatic nitrogens is 2. The Morgan fingerprint density at radius 1 is 1.27 bits per heavy atom. The van der Waals surface area contributed by atoms with Crippen LogP contribution in [-0.2, 0) is 0 Å². The first-order valence-corrected chi connectivity index (χ1v) is 5.07. The number of anilines is 1. The molecule has 0 aliphatic carbocycles. The highest BCUT2D eigenvalue weighted by Crippen LogP contribution is 2.26. The predicted octanol–water partition coefficient (Wildman–Crippen LogP) is 2.35. The molecule has 15 heavy (non-hydrogen) atoms. The zero-order valence-corrected chi connectivity index (χ0v) is 8.54. The second-order valence-corrected chi connectivity index (χ2v) is 3.91. The molecule has 0 radical (unpaired) electrons. The van der Waals surface area contributed by atoms with E-state index in [0.29, 0.717) is 5.03 Å². The third-order valence-corrected chi connectivity index (χ3v) is 2.59. The van der Waals surface area contributed by atoms with Crippen LogP contribution >= 0.6 is 11.8 Å². The van der Waals surface area contributed by atoms with Crippen LogP contribution in [0.3, 0.4) is 0 Å². The summed E-state index contributed by atoms with van der Waals surface area (Å²) >= 11 is 1.34. The summed E-state index contributed by atoms with van der Waals surface area (Å²) in [4.78, 5) is 8.57. The van der Waals surface area contributed by atoms with Crippen molar-refractivity contribution in [3.8, 4) is 0 Å². The molecular formula is C10H8FN3S. The molecule has 0 amide bonds. The molecule has 1 aromatic heterocycles. The van der Waals surface area contributed by atoms with Crippen molar-refractivity contribution in [2.45, 2.75) is 9.92 Å². The summed E-state index contributed by atoms with van der Waals surface area (Å²) in [7, 11) is 0. The monoisotopic (exact) mass is 221 g/mol. The number of benzene rings is 1. The van der Waals surface area contributed by atoms with Crippen molar-refractivity contribution in [2.75, 3.05) is 5.73 Å². The van der Waals surface area contributed by atoms with Gasteiger partial charge in [0.2, 0.25) is 5.95 Å². The highest BCUT2D eigenvalue weighted by Gasteiger charge is 2.00. The molecule has 0 atom stereocenters. The fraction of sp³-hybridized carbons (Fsp3) is 0. The van der Waals surface area contributed by atoms with Crippen LogP contribution in [-0.4, -0.2) is 9.97 Å². The largest absolute Gasteiger partial charge is 0.368 e. The van der Waals surface area contributed by atoms with Gasteiger partial charge >= 0.3 is 0 Å². The first-order chi connectivity index (χ1) is 7.24. The van der Waals surface area contributed by atoms with Gasteiger partial charge in [0.15, 0.2) is 0 Å². The molecule has 3 nitrogen and oxygen atoms in total. The van der Waals surface area contributed by atoms with E-state index in [1.54, 1.807) is 18.3 Å². The zero-order valence-electron chi connectivity index (χ0n) is 7.72. The average molecular weight is 221 g/mol. The van der Waals surface area contributed by atoms with Crippen LogP contribution in [0.15, 0.2) is 46.5 Å². The maximum Gasteiger partial charge on any atom is 0.221 e. The van der Waals surface area contributed by atoms with E-state index in [1.807, 2.05) is 6.07 Å². The van der Waals surface area contributed by atoms with Crippen LogP contribution in [0.25, 0.3) is 0 Å². The minimum Gasteiger partial charge on any atom is -0.368 e. The molecule has 5 heteroatoms. The van der Waals surface area contributed by atoms with E-state index in [1.165, 1.54) is 23.9 Å². The summed E-state index contributed by atoms with van der Waals surface area (Å²) in [5.74, 6) is -0.0431. The lowest BCUT2D eigenvalue weighted by Gasteiger charge is -2.00.